The Morgan fingerprint density at radius 1 is 0.923 bits per heavy atom. The average Bonchev–Trinajstić information content (AvgIpc) is 3.04. The van der Waals surface area contributed by atoms with E-state index in [1.807, 2.05) is 31.4 Å². The molecule has 0 fully saturated rings. The van der Waals surface area contributed by atoms with Crippen molar-refractivity contribution in [3.8, 4) is 11.3 Å². The van der Waals surface area contributed by atoms with Crippen molar-refractivity contribution in [2.75, 3.05) is 0 Å². The first-order chi connectivity index (χ1) is 13.8. The third-order valence-electron chi connectivity index (χ3n) is 5.12. The van der Waals surface area contributed by atoms with Crippen LogP contribution >= 0.6 is 11.3 Å². The average molecular weight is 358 g/mol. The van der Waals surface area contributed by atoms with Crippen LogP contribution in [-0.2, 0) is 7.05 Å². The monoisotopic (exact) mass is 357 g/mol. The summed E-state index contributed by atoms with van der Waals surface area (Å²) in [6, 6.07) is 20.6. The van der Waals surface area contributed by atoms with Gasteiger partial charge in [-0.25, -0.2) is 0 Å². The van der Waals surface area contributed by atoms with Crippen molar-refractivity contribution in [1.82, 2.24) is 0 Å². The van der Waals surface area contributed by atoms with Crippen molar-refractivity contribution in [2.24, 2.45) is 7.05 Å². The molecule has 2 heteroatoms. The van der Waals surface area contributed by atoms with E-state index in [9.17, 15) is 0 Å². The summed E-state index contributed by atoms with van der Waals surface area (Å²) in [6.45, 7) is -0.103. The highest BCUT2D eigenvalue weighted by molar-refractivity contribution is 7.26. The minimum atomic E-state index is -2.09. The highest BCUT2D eigenvalue weighted by atomic mass is 32.1. The van der Waals surface area contributed by atoms with E-state index < -0.39 is 6.85 Å². The van der Waals surface area contributed by atoms with Crippen LogP contribution < -0.4 is 4.57 Å². The van der Waals surface area contributed by atoms with Crippen molar-refractivity contribution in [2.45, 2.75) is 13.8 Å². The van der Waals surface area contributed by atoms with Crippen LogP contribution in [0.3, 0.4) is 0 Å². The summed E-state index contributed by atoms with van der Waals surface area (Å²) in [7, 11) is 2.05. The highest BCUT2D eigenvalue weighted by Gasteiger charge is 2.18. The molecule has 0 saturated carbocycles. The molecular formula is C24H20NS+. The maximum Gasteiger partial charge on any atom is 0.213 e. The zero-order valence-corrected chi connectivity index (χ0v) is 15.5. The molecule has 3 aromatic carbocycles. The zero-order chi connectivity index (χ0) is 20.3. The first-order valence-corrected chi connectivity index (χ1v) is 9.50. The number of fused-ring (bicyclic) bond motifs is 5. The quantitative estimate of drug-likeness (QED) is 0.309. The molecular weight excluding hydrogens is 334 g/mol. The molecule has 2 aromatic heterocycles. The zero-order valence-electron chi connectivity index (χ0n) is 17.7. The molecule has 2 heterocycles. The molecule has 5 rings (SSSR count). The first-order valence-electron chi connectivity index (χ1n) is 10.2. The molecule has 0 bridgehead atoms. The molecule has 0 unspecified atom stereocenters. The lowest BCUT2D eigenvalue weighted by atomic mass is 10.00. The second-order valence-electron chi connectivity index (χ2n) is 6.84. The van der Waals surface area contributed by atoms with Gasteiger partial charge in [-0.2, -0.15) is 4.57 Å². The lowest BCUT2D eigenvalue weighted by molar-refractivity contribution is -0.658. The van der Waals surface area contributed by atoms with Crippen molar-refractivity contribution < 1.29 is 8.68 Å². The lowest BCUT2D eigenvalue weighted by Crippen LogP contribution is -2.30. The Hall–Kier alpha value is -2.71. The minimum absolute atomic E-state index is 0.384. The Bertz CT molecular complexity index is 1410. The largest absolute Gasteiger partial charge is 0.213 e. The Labute approximate surface area is 161 Å². The molecule has 126 valence electrons. The molecule has 0 amide bonds. The van der Waals surface area contributed by atoms with Gasteiger partial charge in [0.1, 0.15) is 7.05 Å². The first kappa shape index (κ1) is 12.6. The number of thiophene rings is 1. The van der Waals surface area contributed by atoms with Crippen LogP contribution in [0.2, 0.25) is 0 Å². The predicted octanol–water partition coefficient (Wildman–Crippen LogP) is 6.32. The van der Waals surface area contributed by atoms with Gasteiger partial charge in [-0.15, -0.1) is 11.3 Å². The fraction of sp³-hybridized carbons (Fsp3) is 0.125. The number of hydrogen-bond acceptors (Lipinski definition) is 1. The number of pyridine rings is 1. The summed E-state index contributed by atoms with van der Waals surface area (Å²) >= 11 is 1.81. The number of nitrogens with zero attached hydrogens (tertiary/aromatic N) is 1. The van der Waals surface area contributed by atoms with Crippen LogP contribution in [0.15, 0.2) is 66.9 Å². The van der Waals surface area contributed by atoms with Gasteiger partial charge in [0, 0.05) is 31.2 Å². The maximum absolute atomic E-state index is 7.67. The second kappa shape index (κ2) is 5.65. The molecule has 0 spiro atoms. The van der Waals surface area contributed by atoms with Crippen LogP contribution in [0.5, 0.6) is 0 Å². The van der Waals surface area contributed by atoms with E-state index in [1.165, 1.54) is 30.9 Å². The fourth-order valence-electron chi connectivity index (χ4n) is 3.85. The molecule has 0 radical (unpaired) electrons. The van der Waals surface area contributed by atoms with Gasteiger partial charge < -0.3 is 0 Å². The summed E-state index contributed by atoms with van der Waals surface area (Å²) in [5.41, 5.74) is 3.49. The van der Waals surface area contributed by atoms with Gasteiger partial charge in [0.05, 0.1) is 4.70 Å². The number of aromatic nitrogens is 1. The standard InChI is InChI=1S/C24H20NS/c1-15-8-10-18(16(2)12-15)21-13-20-23(14-25(21)3)26-22-11-9-17-6-4-5-7-19(17)24(20)22/h4-14H,1-3H3/q+1/i1D3. The SMILES string of the molecule is [2H]C([2H])([2H])c1ccc(-c2cc3c(c[n+]2C)sc2ccc4ccccc4c23)c(C)c1. The summed E-state index contributed by atoms with van der Waals surface area (Å²) in [4.78, 5) is 0. The van der Waals surface area contributed by atoms with Gasteiger partial charge in [-0.1, -0.05) is 48.0 Å². The van der Waals surface area contributed by atoms with Crippen molar-refractivity contribution in [3.63, 3.8) is 0 Å². The normalized spacial score (nSPS) is 13.8. The van der Waals surface area contributed by atoms with E-state index in [2.05, 4.69) is 53.2 Å². The van der Waals surface area contributed by atoms with E-state index in [0.717, 1.165) is 16.8 Å². The highest BCUT2D eigenvalue weighted by Crippen LogP contribution is 2.39. The van der Waals surface area contributed by atoms with Gasteiger partial charge in [-0.05, 0) is 42.2 Å². The summed E-state index contributed by atoms with van der Waals surface area (Å²) < 4.78 is 27.7. The van der Waals surface area contributed by atoms with Crippen LogP contribution in [0, 0.1) is 13.8 Å². The fourth-order valence-corrected chi connectivity index (χ4v) is 5.03. The van der Waals surface area contributed by atoms with E-state index >= 15 is 0 Å². The number of benzene rings is 3. The summed E-state index contributed by atoms with van der Waals surface area (Å²) in [6.07, 6.45) is 2.18. The van der Waals surface area contributed by atoms with E-state index in [4.69, 9.17) is 4.11 Å². The van der Waals surface area contributed by atoms with Gasteiger partial charge in [-0.3, -0.25) is 0 Å². The molecule has 0 aliphatic carbocycles. The minimum Gasteiger partial charge on any atom is -0.200 e. The Balaban J connectivity index is 1.80. The molecule has 0 N–H and O–H groups in total. The Morgan fingerprint density at radius 2 is 1.81 bits per heavy atom. The smallest absolute Gasteiger partial charge is 0.200 e. The van der Waals surface area contributed by atoms with E-state index in [1.54, 1.807) is 12.1 Å². The number of rotatable bonds is 1. The summed E-state index contributed by atoms with van der Waals surface area (Å²) in [5.74, 6) is 0. The second-order valence-corrected chi connectivity index (χ2v) is 7.92. The summed E-state index contributed by atoms with van der Waals surface area (Å²) in [5, 5.41) is 5.05. The van der Waals surface area contributed by atoms with Gasteiger partial charge in [0.25, 0.3) is 0 Å². The molecule has 1 nitrogen and oxygen atoms in total. The lowest BCUT2D eigenvalue weighted by Gasteiger charge is -2.06. The van der Waals surface area contributed by atoms with Crippen LogP contribution in [0.25, 0.3) is 42.2 Å². The third-order valence-corrected chi connectivity index (χ3v) is 6.23. The van der Waals surface area contributed by atoms with Crippen LogP contribution in [-0.4, -0.2) is 0 Å². The molecule has 0 saturated heterocycles. The Kier molecular flexibility index (Phi) is 2.74. The van der Waals surface area contributed by atoms with E-state index in [0.29, 0.717) is 5.56 Å². The van der Waals surface area contributed by atoms with Gasteiger partial charge in [0.15, 0.2) is 6.20 Å². The van der Waals surface area contributed by atoms with Gasteiger partial charge >= 0.3 is 0 Å². The van der Waals surface area contributed by atoms with Crippen molar-refractivity contribution in [1.29, 1.82) is 0 Å². The number of hydrogen-bond donors (Lipinski definition) is 0. The van der Waals surface area contributed by atoms with Crippen LogP contribution in [0.4, 0.5) is 0 Å². The predicted molar refractivity (Wildman–Crippen MR) is 113 cm³/mol. The molecule has 5 aromatic rings. The van der Waals surface area contributed by atoms with Gasteiger partial charge in [0.2, 0.25) is 5.69 Å². The molecule has 0 atom stereocenters. The van der Waals surface area contributed by atoms with Crippen molar-refractivity contribution >= 4 is 42.3 Å². The van der Waals surface area contributed by atoms with E-state index in [-0.39, 0.29) is 0 Å². The topological polar surface area (TPSA) is 3.88 Å². The third kappa shape index (κ3) is 2.26. The molecule has 26 heavy (non-hydrogen) atoms. The maximum atomic E-state index is 7.67. The van der Waals surface area contributed by atoms with Crippen LogP contribution in [0.1, 0.15) is 15.2 Å². The molecule has 0 aliphatic rings. The molecule has 0 aliphatic heterocycles. The van der Waals surface area contributed by atoms with Crippen molar-refractivity contribution in [3.05, 3.63) is 78.0 Å². The Morgan fingerprint density at radius 3 is 2.65 bits per heavy atom. The number of aryl methyl sites for hydroxylation is 3.